The monoisotopic (exact) mass is 337 g/mol. The summed E-state index contributed by atoms with van der Waals surface area (Å²) in [5.41, 5.74) is 0.771. The second kappa shape index (κ2) is 6.29. The molecule has 0 unspecified atom stereocenters. The van der Waals surface area contributed by atoms with Gasteiger partial charge < -0.3 is 9.84 Å². The highest BCUT2D eigenvalue weighted by atomic mass is 35.5. The van der Waals surface area contributed by atoms with Crippen LogP contribution in [0.1, 0.15) is 22.5 Å². The largest absolute Gasteiger partial charge is 0.342 e. The van der Waals surface area contributed by atoms with E-state index in [4.69, 9.17) is 16.1 Å². The molecule has 0 saturated carbocycles. The van der Waals surface area contributed by atoms with Crippen LogP contribution in [0.5, 0.6) is 0 Å². The summed E-state index contributed by atoms with van der Waals surface area (Å²) >= 11 is 7.01. The maximum Gasteiger partial charge on any atom is 0.261 e. The van der Waals surface area contributed by atoms with Gasteiger partial charge in [-0.1, -0.05) is 16.8 Å². The van der Waals surface area contributed by atoms with Crippen LogP contribution in [-0.2, 0) is 13.1 Å². The molecule has 0 fully saturated rings. The summed E-state index contributed by atoms with van der Waals surface area (Å²) < 4.78 is 7.46. The molecule has 1 amide bonds. The van der Waals surface area contributed by atoms with Crippen molar-refractivity contribution in [3.8, 4) is 11.4 Å². The van der Waals surface area contributed by atoms with Gasteiger partial charge in [0, 0.05) is 12.7 Å². The fourth-order valence-electron chi connectivity index (χ4n) is 1.78. The summed E-state index contributed by atoms with van der Waals surface area (Å²) in [5, 5.41) is 10.7. The molecular weight excluding hydrogens is 326 g/mol. The Morgan fingerprint density at radius 2 is 2.36 bits per heavy atom. The topological polar surface area (TPSA) is 85.8 Å². The Morgan fingerprint density at radius 3 is 3.05 bits per heavy atom. The number of halogens is 1. The van der Waals surface area contributed by atoms with Crippen LogP contribution in [-0.4, -0.2) is 25.8 Å². The highest BCUT2D eigenvalue weighted by molar-refractivity contribution is 7.17. The van der Waals surface area contributed by atoms with Gasteiger partial charge >= 0.3 is 0 Å². The fraction of sp³-hybridized carbons (Fsp3) is 0.231. The zero-order chi connectivity index (χ0) is 15.5. The molecule has 0 aliphatic heterocycles. The molecule has 0 radical (unpaired) electrons. The number of nitrogens with one attached hydrogen (secondary N) is 1. The van der Waals surface area contributed by atoms with Crippen LogP contribution in [0.15, 0.2) is 29.0 Å². The van der Waals surface area contributed by atoms with Crippen molar-refractivity contribution in [2.45, 2.75) is 20.0 Å². The van der Waals surface area contributed by atoms with Gasteiger partial charge in [0.05, 0.1) is 27.5 Å². The van der Waals surface area contributed by atoms with E-state index in [1.54, 1.807) is 23.0 Å². The van der Waals surface area contributed by atoms with Gasteiger partial charge in [-0.25, -0.2) is 0 Å². The molecule has 0 aliphatic carbocycles. The smallest absolute Gasteiger partial charge is 0.261 e. The molecule has 9 heteroatoms. The van der Waals surface area contributed by atoms with E-state index in [-0.39, 0.29) is 12.5 Å². The lowest BCUT2D eigenvalue weighted by molar-refractivity contribution is 0.0950. The van der Waals surface area contributed by atoms with E-state index >= 15 is 0 Å². The summed E-state index contributed by atoms with van der Waals surface area (Å²) in [6.45, 7) is 2.91. The number of aromatic nitrogens is 4. The van der Waals surface area contributed by atoms with Gasteiger partial charge in [0.2, 0.25) is 11.7 Å². The Hall–Kier alpha value is -2.19. The molecule has 22 heavy (non-hydrogen) atoms. The van der Waals surface area contributed by atoms with Crippen molar-refractivity contribution in [3.05, 3.63) is 39.6 Å². The van der Waals surface area contributed by atoms with Crippen molar-refractivity contribution in [3.63, 3.8) is 0 Å². The van der Waals surface area contributed by atoms with E-state index in [0.29, 0.717) is 20.9 Å². The zero-order valence-electron chi connectivity index (χ0n) is 11.6. The second-order valence-corrected chi connectivity index (χ2v) is 6.10. The van der Waals surface area contributed by atoms with Crippen molar-refractivity contribution < 1.29 is 9.32 Å². The van der Waals surface area contributed by atoms with Crippen LogP contribution in [0.4, 0.5) is 0 Å². The molecule has 0 spiro atoms. The first-order valence-corrected chi connectivity index (χ1v) is 7.74. The van der Waals surface area contributed by atoms with Gasteiger partial charge in [0.1, 0.15) is 0 Å². The van der Waals surface area contributed by atoms with E-state index in [9.17, 15) is 4.79 Å². The van der Waals surface area contributed by atoms with Crippen molar-refractivity contribution in [1.82, 2.24) is 25.2 Å². The van der Waals surface area contributed by atoms with Gasteiger partial charge in [0.25, 0.3) is 5.91 Å². The highest BCUT2D eigenvalue weighted by Gasteiger charge is 2.13. The molecule has 114 valence electrons. The number of thiophene rings is 1. The fourth-order valence-corrected chi connectivity index (χ4v) is 2.73. The van der Waals surface area contributed by atoms with Crippen LogP contribution >= 0.6 is 22.9 Å². The number of hydrogen-bond donors (Lipinski definition) is 1. The molecule has 3 rings (SSSR count). The first-order chi connectivity index (χ1) is 10.7. The third kappa shape index (κ3) is 3.18. The standard InChI is InChI=1S/C13H12ClN5O2S/c1-2-19-7-8(5-16-19)12-17-11(21-18-12)6-15-13(20)9-3-4-10(14)22-9/h3-5,7H,2,6H2,1H3,(H,15,20). The quantitative estimate of drug-likeness (QED) is 0.773. The number of amides is 1. The van der Waals surface area contributed by atoms with Crippen molar-refractivity contribution in [1.29, 1.82) is 0 Å². The SMILES string of the molecule is CCn1cc(-c2noc(CNC(=O)c3ccc(Cl)s3)n2)cn1. The van der Waals surface area contributed by atoms with Crippen LogP contribution in [0.25, 0.3) is 11.4 Å². The number of hydrogen-bond acceptors (Lipinski definition) is 6. The maximum absolute atomic E-state index is 11.9. The number of carbonyl (C=O) groups excluding carboxylic acids is 1. The number of carbonyl (C=O) groups is 1. The number of rotatable bonds is 5. The molecule has 0 aromatic carbocycles. The summed E-state index contributed by atoms with van der Waals surface area (Å²) in [7, 11) is 0. The average Bonchev–Trinajstić information content (AvgIpc) is 3.24. The Bertz CT molecular complexity index is 794. The molecule has 3 aromatic rings. The lowest BCUT2D eigenvalue weighted by Crippen LogP contribution is -2.21. The summed E-state index contributed by atoms with van der Waals surface area (Å²) in [6, 6.07) is 3.35. The van der Waals surface area contributed by atoms with Crippen LogP contribution in [0.2, 0.25) is 4.34 Å². The van der Waals surface area contributed by atoms with Crippen molar-refractivity contribution in [2.75, 3.05) is 0 Å². The van der Waals surface area contributed by atoms with Crippen LogP contribution in [0, 0.1) is 0 Å². The molecule has 0 saturated heterocycles. The van der Waals surface area contributed by atoms with E-state index in [1.807, 2.05) is 13.1 Å². The Morgan fingerprint density at radius 1 is 1.50 bits per heavy atom. The average molecular weight is 338 g/mol. The lowest BCUT2D eigenvalue weighted by atomic mass is 10.3. The third-order valence-corrected chi connectivity index (χ3v) is 4.11. The van der Waals surface area contributed by atoms with Gasteiger partial charge in [-0.2, -0.15) is 10.1 Å². The predicted molar refractivity (Wildman–Crippen MR) is 81.7 cm³/mol. The van der Waals surface area contributed by atoms with Gasteiger partial charge in [-0.3, -0.25) is 9.48 Å². The normalized spacial score (nSPS) is 10.8. The zero-order valence-corrected chi connectivity index (χ0v) is 13.2. The minimum absolute atomic E-state index is 0.156. The van der Waals surface area contributed by atoms with Gasteiger partial charge in [-0.15, -0.1) is 11.3 Å². The number of aryl methyl sites for hydroxylation is 1. The number of nitrogens with zero attached hydrogens (tertiary/aromatic N) is 4. The van der Waals surface area contributed by atoms with E-state index in [2.05, 4.69) is 20.6 Å². The molecule has 7 nitrogen and oxygen atoms in total. The van der Waals surface area contributed by atoms with E-state index < -0.39 is 0 Å². The third-order valence-electron chi connectivity index (χ3n) is 2.88. The molecule has 3 heterocycles. The minimum atomic E-state index is -0.226. The molecule has 0 aliphatic rings. The van der Waals surface area contributed by atoms with Crippen molar-refractivity contribution >= 4 is 28.8 Å². The van der Waals surface area contributed by atoms with Crippen molar-refractivity contribution in [2.24, 2.45) is 0 Å². The van der Waals surface area contributed by atoms with Crippen LogP contribution in [0.3, 0.4) is 0 Å². The predicted octanol–water partition coefficient (Wildman–Crippen LogP) is 2.60. The summed E-state index contributed by atoms with van der Waals surface area (Å²) in [6.07, 6.45) is 3.51. The Balaban J connectivity index is 1.63. The molecular formula is C13H12ClN5O2S. The van der Waals surface area contributed by atoms with Gasteiger partial charge in [0.15, 0.2) is 0 Å². The molecule has 0 atom stereocenters. The Labute approximate surface area is 134 Å². The van der Waals surface area contributed by atoms with E-state index in [0.717, 1.165) is 12.1 Å². The van der Waals surface area contributed by atoms with Crippen LogP contribution < -0.4 is 5.32 Å². The summed E-state index contributed by atoms with van der Waals surface area (Å²) in [4.78, 5) is 16.7. The molecule has 3 aromatic heterocycles. The lowest BCUT2D eigenvalue weighted by Gasteiger charge is -1.98. The summed E-state index contributed by atoms with van der Waals surface area (Å²) in [5.74, 6) is 0.550. The van der Waals surface area contributed by atoms with Gasteiger partial charge in [-0.05, 0) is 19.1 Å². The molecule has 0 bridgehead atoms. The highest BCUT2D eigenvalue weighted by Crippen LogP contribution is 2.21. The maximum atomic E-state index is 11.9. The second-order valence-electron chi connectivity index (χ2n) is 4.38. The first kappa shape index (κ1) is 14.7. The molecule has 1 N–H and O–H groups in total. The van der Waals surface area contributed by atoms with E-state index in [1.165, 1.54) is 11.3 Å². The first-order valence-electron chi connectivity index (χ1n) is 6.54. The minimum Gasteiger partial charge on any atom is -0.342 e. The Kier molecular flexibility index (Phi) is 4.21.